The third kappa shape index (κ3) is 2.23. The van der Waals surface area contributed by atoms with Crippen LogP contribution < -0.4 is 15.4 Å². The van der Waals surface area contributed by atoms with Crippen LogP contribution in [0.5, 0.6) is 5.75 Å². The van der Waals surface area contributed by atoms with Gasteiger partial charge in [0.05, 0.1) is 6.04 Å². The van der Waals surface area contributed by atoms with Crippen LogP contribution in [0, 0.1) is 0 Å². The lowest BCUT2D eigenvalue weighted by molar-refractivity contribution is 0.339. The Labute approximate surface area is 119 Å². The van der Waals surface area contributed by atoms with E-state index in [9.17, 15) is 0 Å². The molecular weight excluding hydrogens is 308 g/mol. The van der Waals surface area contributed by atoms with E-state index in [4.69, 9.17) is 4.74 Å². The van der Waals surface area contributed by atoms with Crippen molar-refractivity contribution in [1.29, 1.82) is 0 Å². The number of hydrogen-bond donors (Lipinski definition) is 2. The van der Waals surface area contributed by atoms with Gasteiger partial charge in [-0.25, -0.2) is 9.97 Å². The minimum atomic E-state index is 0.104. The van der Waals surface area contributed by atoms with Crippen LogP contribution in [0.1, 0.15) is 11.6 Å². The minimum absolute atomic E-state index is 0.104. The molecule has 0 aliphatic carbocycles. The molecule has 3 rings (SSSR count). The lowest BCUT2D eigenvalue weighted by Crippen LogP contribution is -2.14. The molecule has 5 nitrogen and oxygen atoms in total. The number of halogens is 1. The number of fused-ring (bicyclic) bond motifs is 1. The Kier molecular flexibility index (Phi) is 3.25. The maximum absolute atomic E-state index is 5.64. The lowest BCUT2D eigenvalue weighted by atomic mass is 10.1. The second-order valence-corrected chi connectivity index (χ2v) is 4.97. The number of para-hydroxylation sites is 1. The van der Waals surface area contributed by atoms with E-state index < -0.39 is 0 Å². The first kappa shape index (κ1) is 12.2. The second-order valence-electron chi connectivity index (χ2n) is 4.18. The molecule has 1 aromatic carbocycles. The molecule has 1 atom stereocenters. The van der Waals surface area contributed by atoms with Crippen LogP contribution >= 0.6 is 15.9 Å². The highest BCUT2D eigenvalue weighted by molar-refractivity contribution is 9.10. The SMILES string of the molecule is CNc1ncnc(NC2COc3ccccc32)c1Br. The first-order valence-electron chi connectivity index (χ1n) is 5.96. The highest BCUT2D eigenvalue weighted by Gasteiger charge is 2.24. The Balaban J connectivity index is 1.87. The summed E-state index contributed by atoms with van der Waals surface area (Å²) < 4.78 is 6.46. The molecule has 0 bridgehead atoms. The van der Waals surface area contributed by atoms with Gasteiger partial charge >= 0.3 is 0 Å². The van der Waals surface area contributed by atoms with Gasteiger partial charge in [0, 0.05) is 12.6 Å². The Morgan fingerprint density at radius 2 is 2.05 bits per heavy atom. The number of hydrogen-bond acceptors (Lipinski definition) is 5. The molecule has 6 heteroatoms. The van der Waals surface area contributed by atoms with Gasteiger partial charge in [-0.2, -0.15) is 0 Å². The monoisotopic (exact) mass is 320 g/mol. The van der Waals surface area contributed by atoms with Crippen molar-refractivity contribution in [2.45, 2.75) is 6.04 Å². The average molecular weight is 321 g/mol. The summed E-state index contributed by atoms with van der Waals surface area (Å²) in [5.74, 6) is 2.44. The van der Waals surface area contributed by atoms with E-state index in [1.807, 2.05) is 25.2 Å². The van der Waals surface area contributed by atoms with Crippen molar-refractivity contribution in [2.24, 2.45) is 0 Å². The summed E-state index contributed by atoms with van der Waals surface area (Å²) in [4.78, 5) is 8.39. The van der Waals surface area contributed by atoms with E-state index in [1.54, 1.807) is 0 Å². The van der Waals surface area contributed by atoms with Crippen LogP contribution in [-0.2, 0) is 0 Å². The summed E-state index contributed by atoms with van der Waals surface area (Å²) in [5.41, 5.74) is 1.15. The fourth-order valence-corrected chi connectivity index (χ4v) is 2.61. The predicted octanol–water partition coefficient (Wildman–Crippen LogP) is 2.83. The largest absolute Gasteiger partial charge is 0.491 e. The van der Waals surface area contributed by atoms with E-state index in [0.29, 0.717) is 6.61 Å². The van der Waals surface area contributed by atoms with Gasteiger partial charge in [0.25, 0.3) is 0 Å². The van der Waals surface area contributed by atoms with Gasteiger partial charge < -0.3 is 15.4 Å². The summed E-state index contributed by atoms with van der Waals surface area (Å²) in [6.07, 6.45) is 1.53. The van der Waals surface area contributed by atoms with E-state index in [0.717, 1.165) is 27.4 Å². The molecule has 0 spiro atoms. The molecule has 0 radical (unpaired) electrons. The average Bonchev–Trinajstić information content (AvgIpc) is 2.85. The molecule has 2 heterocycles. The van der Waals surface area contributed by atoms with E-state index in [2.05, 4.69) is 42.6 Å². The fourth-order valence-electron chi connectivity index (χ4n) is 2.09. The van der Waals surface area contributed by atoms with Crippen molar-refractivity contribution in [2.75, 3.05) is 24.3 Å². The molecule has 0 saturated carbocycles. The topological polar surface area (TPSA) is 59.1 Å². The third-order valence-electron chi connectivity index (χ3n) is 3.04. The summed E-state index contributed by atoms with van der Waals surface area (Å²) >= 11 is 3.50. The number of aromatic nitrogens is 2. The number of benzene rings is 1. The molecule has 1 aliphatic rings. The number of rotatable bonds is 3. The number of nitrogens with one attached hydrogen (secondary N) is 2. The zero-order valence-corrected chi connectivity index (χ0v) is 11.9. The molecule has 98 valence electrons. The van der Waals surface area contributed by atoms with Crippen LogP contribution in [0.25, 0.3) is 0 Å². The van der Waals surface area contributed by atoms with Gasteiger partial charge in [-0.1, -0.05) is 18.2 Å². The van der Waals surface area contributed by atoms with Gasteiger partial charge in [0.15, 0.2) is 0 Å². The van der Waals surface area contributed by atoms with Crippen LogP contribution in [0.4, 0.5) is 11.6 Å². The molecule has 1 aliphatic heterocycles. The summed E-state index contributed by atoms with van der Waals surface area (Å²) in [6, 6.07) is 8.13. The molecule has 2 aromatic rings. The predicted molar refractivity (Wildman–Crippen MR) is 77.6 cm³/mol. The molecule has 1 aromatic heterocycles. The van der Waals surface area contributed by atoms with Crippen molar-refractivity contribution in [3.05, 3.63) is 40.6 Å². The normalized spacial score (nSPS) is 16.6. The quantitative estimate of drug-likeness (QED) is 0.910. The number of anilines is 2. The van der Waals surface area contributed by atoms with Crippen LogP contribution in [0.2, 0.25) is 0 Å². The molecule has 0 fully saturated rings. The Morgan fingerprint density at radius 1 is 1.26 bits per heavy atom. The van der Waals surface area contributed by atoms with Crippen LogP contribution in [0.15, 0.2) is 35.1 Å². The van der Waals surface area contributed by atoms with Crippen molar-refractivity contribution in [1.82, 2.24) is 9.97 Å². The summed E-state index contributed by atoms with van der Waals surface area (Å²) in [7, 11) is 1.82. The maximum Gasteiger partial charge on any atom is 0.146 e. The van der Waals surface area contributed by atoms with Crippen molar-refractivity contribution >= 4 is 27.6 Å². The zero-order valence-electron chi connectivity index (χ0n) is 10.4. The molecule has 1 unspecified atom stereocenters. The smallest absolute Gasteiger partial charge is 0.146 e. The Bertz CT molecular complexity index is 605. The Morgan fingerprint density at radius 3 is 2.89 bits per heavy atom. The van der Waals surface area contributed by atoms with Gasteiger partial charge in [-0.15, -0.1) is 0 Å². The minimum Gasteiger partial charge on any atom is -0.491 e. The van der Waals surface area contributed by atoms with Crippen molar-refractivity contribution in [3.63, 3.8) is 0 Å². The highest BCUT2D eigenvalue weighted by atomic mass is 79.9. The van der Waals surface area contributed by atoms with Gasteiger partial charge in [-0.3, -0.25) is 0 Å². The standard InChI is InChI=1S/C13H13BrN4O/c1-15-12-11(14)13(17-7-16-12)18-9-6-19-10-5-3-2-4-8(9)10/h2-5,7,9H,6H2,1H3,(H2,15,16,17,18). The van der Waals surface area contributed by atoms with Crippen molar-refractivity contribution in [3.8, 4) is 5.75 Å². The zero-order chi connectivity index (χ0) is 13.2. The van der Waals surface area contributed by atoms with E-state index >= 15 is 0 Å². The van der Waals surface area contributed by atoms with Gasteiger partial charge in [-0.05, 0) is 22.0 Å². The number of nitrogens with zero attached hydrogens (tertiary/aromatic N) is 2. The Hall–Kier alpha value is -1.82. The van der Waals surface area contributed by atoms with E-state index in [-0.39, 0.29) is 6.04 Å². The molecule has 0 saturated heterocycles. The summed E-state index contributed by atoms with van der Waals surface area (Å²) in [5, 5.41) is 6.39. The fraction of sp³-hybridized carbons (Fsp3) is 0.231. The molecule has 19 heavy (non-hydrogen) atoms. The highest BCUT2D eigenvalue weighted by Crippen LogP contribution is 2.36. The third-order valence-corrected chi connectivity index (χ3v) is 3.79. The molecule has 0 amide bonds. The van der Waals surface area contributed by atoms with E-state index in [1.165, 1.54) is 6.33 Å². The first-order valence-corrected chi connectivity index (χ1v) is 6.75. The second kappa shape index (κ2) is 5.05. The first-order chi connectivity index (χ1) is 9.29. The van der Waals surface area contributed by atoms with Crippen LogP contribution in [-0.4, -0.2) is 23.6 Å². The van der Waals surface area contributed by atoms with Crippen molar-refractivity contribution < 1.29 is 4.74 Å². The van der Waals surface area contributed by atoms with Crippen LogP contribution in [0.3, 0.4) is 0 Å². The van der Waals surface area contributed by atoms with Gasteiger partial charge in [0.2, 0.25) is 0 Å². The maximum atomic E-state index is 5.64. The number of ether oxygens (including phenoxy) is 1. The molecule has 2 N–H and O–H groups in total. The lowest BCUT2D eigenvalue weighted by Gasteiger charge is -2.14. The summed E-state index contributed by atoms with van der Waals surface area (Å²) in [6.45, 7) is 0.602. The molecular formula is C13H13BrN4O. The van der Waals surface area contributed by atoms with Gasteiger partial charge in [0.1, 0.15) is 34.8 Å².